The third-order valence-corrected chi connectivity index (χ3v) is 4.90. The normalized spacial score (nSPS) is 16.3. The number of benzene rings is 1. The van der Waals surface area contributed by atoms with Gasteiger partial charge < -0.3 is 19.9 Å². The summed E-state index contributed by atoms with van der Waals surface area (Å²) >= 11 is 0. The van der Waals surface area contributed by atoms with Crippen LogP contribution in [0.4, 0.5) is 5.69 Å². The van der Waals surface area contributed by atoms with Gasteiger partial charge in [0, 0.05) is 45.5 Å². The number of anilines is 1. The molecule has 1 aliphatic rings. The highest BCUT2D eigenvalue weighted by Crippen LogP contribution is 2.17. The Labute approximate surface area is 175 Å². The van der Waals surface area contributed by atoms with Gasteiger partial charge in [-0.05, 0) is 51.4 Å². The van der Waals surface area contributed by atoms with Crippen molar-refractivity contribution in [1.29, 1.82) is 0 Å². The lowest BCUT2D eigenvalue weighted by molar-refractivity contribution is -0.134. The first kappa shape index (κ1) is 23.2. The van der Waals surface area contributed by atoms with Crippen LogP contribution in [-0.2, 0) is 20.9 Å². The molecule has 1 aromatic carbocycles. The van der Waals surface area contributed by atoms with E-state index in [0.29, 0.717) is 13.1 Å². The van der Waals surface area contributed by atoms with Crippen LogP contribution in [-0.4, -0.2) is 81.1 Å². The Hall–Kier alpha value is -2.12. The Morgan fingerprint density at radius 2 is 1.83 bits per heavy atom. The number of carbonyl (C=O) groups is 2. The van der Waals surface area contributed by atoms with Gasteiger partial charge in [0.2, 0.25) is 11.8 Å². The predicted octanol–water partition coefficient (Wildman–Crippen LogP) is 1.72. The zero-order valence-electron chi connectivity index (χ0n) is 18.5. The van der Waals surface area contributed by atoms with Gasteiger partial charge >= 0.3 is 0 Å². The van der Waals surface area contributed by atoms with Gasteiger partial charge in [-0.1, -0.05) is 12.1 Å². The molecule has 0 saturated carbocycles. The van der Waals surface area contributed by atoms with E-state index in [-0.39, 0.29) is 37.0 Å². The average molecular weight is 405 g/mol. The van der Waals surface area contributed by atoms with Crippen molar-refractivity contribution in [3.8, 4) is 0 Å². The van der Waals surface area contributed by atoms with Gasteiger partial charge in [-0.3, -0.25) is 14.5 Å². The van der Waals surface area contributed by atoms with Crippen LogP contribution < -0.4 is 10.2 Å². The maximum Gasteiger partial charge on any atom is 0.237 e. The van der Waals surface area contributed by atoms with Gasteiger partial charge in [-0.25, -0.2) is 0 Å². The number of hydrogen-bond acceptors (Lipinski definition) is 5. The van der Waals surface area contributed by atoms with Crippen LogP contribution in [0.1, 0.15) is 32.3 Å². The highest BCUT2D eigenvalue weighted by Gasteiger charge is 2.24. The van der Waals surface area contributed by atoms with Crippen molar-refractivity contribution in [3.63, 3.8) is 0 Å². The lowest BCUT2D eigenvalue weighted by atomic mass is 10.1. The molecule has 1 heterocycles. The van der Waals surface area contributed by atoms with Crippen LogP contribution in [0.15, 0.2) is 24.3 Å². The summed E-state index contributed by atoms with van der Waals surface area (Å²) in [5, 5.41) is 2.86. The van der Waals surface area contributed by atoms with Crippen LogP contribution in [0.25, 0.3) is 0 Å². The predicted molar refractivity (Wildman–Crippen MR) is 116 cm³/mol. The minimum atomic E-state index is -0.0692. The first-order valence-corrected chi connectivity index (χ1v) is 10.4. The molecule has 7 nitrogen and oxygen atoms in total. The van der Waals surface area contributed by atoms with E-state index in [1.165, 1.54) is 0 Å². The third-order valence-electron chi connectivity index (χ3n) is 4.90. The summed E-state index contributed by atoms with van der Waals surface area (Å²) in [4.78, 5) is 30.7. The third kappa shape index (κ3) is 8.03. The number of hydrogen-bond donors (Lipinski definition) is 1. The van der Waals surface area contributed by atoms with E-state index in [1.807, 2.05) is 32.8 Å². The van der Waals surface area contributed by atoms with Crippen molar-refractivity contribution in [1.82, 2.24) is 15.1 Å². The fraction of sp³-hybridized carbons (Fsp3) is 0.636. The summed E-state index contributed by atoms with van der Waals surface area (Å²) in [6.45, 7) is 6.14. The van der Waals surface area contributed by atoms with Gasteiger partial charge in [0.25, 0.3) is 0 Å². The number of likely N-dealkylation sites (N-methyl/N-ethyl adjacent to an activating group) is 1. The standard InChI is InChI=1S/C22H36N4O3/c1-17(2)23-21(27)15-25(5)16-22(28)26(14-20-7-6-12-29-20)13-18-8-10-19(11-9-18)24(3)4/h8-11,17,20H,6-7,12-16H2,1-5H3,(H,23,27)/t20-/m0/s1. The maximum atomic E-state index is 13.0. The molecule has 2 rings (SSSR count). The second-order valence-corrected chi connectivity index (χ2v) is 8.36. The van der Waals surface area contributed by atoms with E-state index in [0.717, 1.165) is 30.7 Å². The fourth-order valence-electron chi connectivity index (χ4n) is 3.41. The lowest BCUT2D eigenvalue weighted by Crippen LogP contribution is -2.45. The smallest absolute Gasteiger partial charge is 0.237 e. The monoisotopic (exact) mass is 404 g/mol. The molecule has 1 fully saturated rings. The van der Waals surface area contributed by atoms with E-state index in [2.05, 4.69) is 34.5 Å². The Morgan fingerprint density at radius 1 is 1.14 bits per heavy atom. The van der Waals surface area contributed by atoms with Gasteiger partial charge in [0.05, 0.1) is 19.2 Å². The first-order chi connectivity index (χ1) is 13.7. The van der Waals surface area contributed by atoms with Crippen molar-refractivity contribution in [2.24, 2.45) is 0 Å². The Morgan fingerprint density at radius 3 is 2.38 bits per heavy atom. The van der Waals surface area contributed by atoms with Crippen LogP contribution in [0, 0.1) is 0 Å². The first-order valence-electron chi connectivity index (χ1n) is 10.4. The van der Waals surface area contributed by atoms with E-state index >= 15 is 0 Å². The highest BCUT2D eigenvalue weighted by molar-refractivity contribution is 5.81. The van der Waals surface area contributed by atoms with Gasteiger partial charge in [0.15, 0.2) is 0 Å². The van der Waals surface area contributed by atoms with Crippen LogP contribution in [0.2, 0.25) is 0 Å². The Bertz CT molecular complexity index is 655. The molecule has 1 aliphatic heterocycles. The molecule has 1 N–H and O–H groups in total. The number of ether oxygens (including phenoxy) is 1. The summed E-state index contributed by atoms with van der Waals surface area (Å²) in [5.41, 5.74) is 2.21. The van der Waals surface area contributed by atoms with Crippen molar-refractivity contribution < 1.29 is 14.3 Å². The average Bonchev–Trinajstić information content (AvgIpc) is 3.13. The Balaban J connectivity index is 2.00. The minimum absolute atomic E-state index is 0.0111. The summed E-state index contributed by atoms with van der Waals surface area (Å²) in [5.74, 6) is -0.0581. The number of nitrogens with zero attached hydrogens (tertiary/aromatic N) is 3. The fourth-order valence-corrected chi connectivity index (χ4v) is 3.41. The molecule has 0 aromatic heterocycles. The molecule has 1 atom stereocenters. The SMILES string of the molecule is CC(C)NC(=O)CN(C)CC(=O)N(Cc1ccc(N(C)C)cc1)C[C@@H]1CCCO1. The molecule has 162 valence electrons. The quantitative estimate of drug-likeness (QED) is 0.643. The van der Waals surface area contributed by atoms with Crippen molar-refractivity contribution in [3.05, 3.63) is 29.8 Å². The summed E-state index contributed by atoms with van der Waals surface area (Å²) in [6.07, 6.45) is 2.12. The molecular weight excluding hydrogens is 368 g/mol. The van der Waals surface area contributed by atoms with Crippen LogP contribution >= 0.6 is 0 Å². The van der Waals surface area contributed by atoms with Gasteiger partial charge in [-0.15, -0.1) is 0 Å². The number of carbonyl (C=O) groups excluding carboxylic acids is 2. The summed E-state index contributed by atoms with van der Waals surface area (Å²) in [7, 11) is 5.81. The molecule has 7 heteroatoms. The molecule has 0 radical (unpaired) electrons. The van der Waals surface area contributed by atoms with E-state index in [9.17, 15) is 9.59 Å². The van der Waals surface area contributed by atoms with Gasteiger partial charge in [-0.2, -0.15) is 0 Å². The Kier molecular flexibility index (Phi) is 8.92. The minimum Gasteiger partial charge on any atom is -0.378 e. The molecule has 0 unspecified atom stereocenters. The molecule has 2 amide bonds. The molecular formula is C22H36N4O3. The molecule has 0 spiro atoms. The largest absolute Gasteiger partial charge is 0.378 e. The van der Waals surface area contributed by atoms with E-state index < -0.39 is 0 Å². The molecule has 0 aliphatic carbocycles. The van der Waals surface area contributed by atoms with Crippen molar-refractivity contribution in [2.45, 2.75) is 45.4 Å². The van der Waals surface area contributed by atoms with Crippen molar-refractivity contribution >= 4 is 17.5 Å². The zero-order valence-corrected chi connectivity index (χ0v) is 18.5. The molecule has 0 bridgehead atoms. The molecule has 1 aromatic rings. The van der Waals surface area contributed by atoms with E-state index in [1.54, 1.807) is 11.9 Å². The number of nitrogens with one attached hydrogen (secondary N) is 1. The molecule has 1 saturated heterocycles. The number of amides is 2. The van der Waals surface area contributed by atoms with Crippen LogP contribution in [0.3, 0.4) is 0 Å². The van der Waals surface area contributed by atoms with E-state index in [4.69, 9.17) is 4.74 Å². The van der Waals surface area contributed by atoms with Gasteiger partial charge in [0.1, 0.15) is 0 Å². The zero-order chi connectivity index (χ0) is 21.4. The summed E-state index contributed by atoms with van der Waals surface area (Å²) in [6, 6.07) is 8.34. The lowest BCUT2D eigenvalue weighted by Gasteiger charge is -2.28. The second-order valence-electron chi connectivity index (χ2n) is 8.36. The highest BCUT2D eigenvalue weighted by atomic mass is 16.5. The van der Waals surface area contributed by atoms with Crippen molar-refractivity contribution in [2.75, 3.05) is 52.3 Å². The number of rotatable bonds is 10. The summed E-state index contributed by atoms with van der Waals surface area (Å²) < 4.78 is 5.76. The molecule has 29 heavy (non-hydrogen) atoms. The topological polar surface area (TPSA) is 65.1 Å². The van der Waals surface area contributed by atoms with Crippen LogP contribution in [0.5, 0.6) is 0 Å². The maximum absolute atomic E-state index is 13.0. The second kappa shape index (κ2) is 11.2.